The molecule has 1 aliphatic heterocycles. The monoisotopic (exact) mass is 318 g/mol. The first-order valence-corrected chi connectivity index (χ1v) is 8.24. The van der Waals surface area contributed by atoms with Gasteiger partial charge in [-0.2, -0.15) is 0 Å². The van der Waals surface area contributed by atoms with E-state index in [2.05, 4.69) is 4.72 Å². The minimum atomic E-state index is -3.89. The standard InChI is InChI=1S/C11H14N2O5S2/c1-13-6-7(2-3-9(13)14)12-20(17,18)8-4-5-19-10(8)11(15)16/h4-5,7,12H,2-3,6H2,1H3,(H,15,16). The number of carbonyl (C=O) groups is 2. The number of nitrogens with zero attached hydrogens (tertiary/aromatic N) is 1. The van der Waals surface area contributed by atoms with Gasteiger partial charge in [0.2, 0.25) is 15.9 Å². The average molecular weight is 318 g/mol. The molecule has 1 saturated heterocycles. The predicted molar refractivity (Wildman–Crippen MR) is 72.3 cm³/mol. The van der Waals surface area contributed by atoms with Gasteiger partial charge in [0, 0.05) is 26.1 Å². The average Bonchev–Trinajstić information content (AvgIpc) is 2.83. The van der Waals surface area contributed by atoms with E-state index >= 15 is 0 Å². The summed E-state index contributed by atoms with van der Waals surface area (Å²) >= 11 is 0.864. The SMILES string of the molecule is CN1CC(NS(=O)(=O)c2ccsc2C(=O)O)CCC1=O. The molecule has 7 nitrogen and oxygen atoms in total. The van der Waals surface area contributed by atoms with Crippen LogP contribution < -0.4 is 4.72 Å². The Kier molecular flexibility index (Phi) is 4.11. The third-order valence-corrected chi connectivity index (χ3v) is 5.66. The molecular formula is C11H14N2O5S2. The third-order valence-electron chi connectivity index (χ3n) is 3.06. The fraction of sp³-hybridized carbons (Fsp3) is 0.455. The van der Waals surface area contributed by atoms with Crippen LogP contribution in [0, 0.1) is 0 Å². The van der Waals surface area contributed by atoms with E-state index in [1.54, 1.807) is 7.05 Å². The van der Waals surface area contributed by atoms with Crippen LogP contribution in [-0.2, 0) is 14.8 Å². The molecule has 1 amide bonds. The van der Waals surface area contributed by atoms with Gasteiger partial charge in [0.25, 0.3) is 0 Å². The fourth-order valence-corrected chi connectivity index (χ4v) is 4.58. The Balaban J connectivity index is 2.17. The lowest BCUT2D eigenvalue weighted by Gasteiger charge is -2.29. The molecule has 1 fully saturated rings. The first kappa shape index (κ1) is 14.9. The summed E-state index contributed by atoms with van der Waals surface area (Å²) in [6, 6.07) is 0.873. The number of amides is 1. The first-order valence-electron chi connectivity index (χ1n) is 5.88. The van der Waals surface area contributed by atoms with E-state index in [1.807, 2.05) is 0 Å². The summed E-state index contributed by atoms with van der Waals surface area (Å²) in [5.74, 6) is -1.29. The van der Waals surface area contributed by atoms with E-state index in [0.29, 0.717) is 6.42 Å². The number of hydrogen-bond donors (Lipinski definition) is 2. The highest BCUT2D eigenvalue weighted by Crippen LogP contribution is 2.23. The van der Waals surface area contributed by atoms with E-state index in [-0.39, 0.29) is 28.6 Å². The third kappa shape index (κ3) is 3.00. The molecule has 2 N–H and O–H groups in total. The van der Waals surface area contributed by atoms with Crippen LogP contribution in [0.15, 0.2) is 16.3 Å². The number of likely N-dealkylation sites (N-methyl/N-ethyl adjacent to an activating group) is 1. The van der Waals surface area contributed by atoms with Gasteiger partial charge in [0.05, 0.1) is 0 Å². The van der Waals surface area contributed by atoms with Gasteiger partial charge in [-0.1, -0.05) is 0 Å². The molecule has 2 rings (SSSR count). The second-order valence-corrected chi connectivity index (χ2v) is 7.15. The van der Waals surface area contributed by atoms with Crippen molar-refractivity contribution in [3.05, 3.63) is 16.3 Å². The lowest BCUT2D eigenvalue weighted by molar-refractivity contribution is -0.132. The van der Waals surface area contributed by atoms with Gasteiger partial charge in [0.1, 0.15) is 9.77 Å². The van der Waals surface area contributed by atoms with Crippen molar-refractivity contribution in [1.82, 2.24) is 9.62 Å². The molecule has 1 aromatic rings. The maximum absolute atomic E-state index is 12.2. The molecule has 0 aromatic carbocycles. The number of thiophene rings is 1. The van der Waals surface area contributed by atoms with E-state index in [1.165, 1.54) is 16.3 Å². The summed E-state index contributed by atoms with van der Waals surface area (Å²) in [6.07, 6.45) is 0.689. The smallest absolute Gasteiger partial charge is 0.347 e. The molecule has 1 atom stereocenters. The highest BCUT2D eigenvalue weighted by molar-refractivity contribution is 7.89. The summed E-state index contributed by atoms with van der Waals surface area (Å²) in [6.45, 7) is 0.282. The zero-order valence-electron chi connectivity index (χ0n) is 10.7. The number of likely N-dealkylation sites (tertiary alicyclic amines) is 1. The largest absolute Gasteiger partial charge is 0.477 e. The summed E-state index contributed by atoms with van der Waals surface area (Å²) in [7, 11) is -2.28. The number of hydrogen-bond acceptors (Lipinski definition) is 5. The topological polar surface area (TPSA) is 104 Å². The summed E-state index contributed by atoms with van der Waals surface area (Å²) in [4.78, 5) is 23.4. The van der Waals surface area contributed by atoms with Crippen molar-refractivity contribution in [2.45, 2.75) is 23.8 Å². The van der Waals surface area contributed by atoms with Crippen LogP contribution in [0.4, 0.5) is 0 Å². The number of sulfonamides is 1. The van der Waals surface area contributed by atoms with Crippen LogP contribution >= 0.6 is 11.3 Å². The summed E-state index contributed by atoms with van der Waals surface area (Å²) in [5.41, 5.74) is 0. The Hall–Kier alpha value is -1.45. The van der Waals surface area contributed by atoms with E-state index in [4.69, 9.17) is 5.11 Å². The highest BCUT2D eigenvalue weighted by atomic mass is 32.2. The molecule has 0 radical (unpaired) electrons. The Morgan fingerprint density at radius 3 is 2.85 bits per heavy atom. The first-order chi connectivity index (χ1) is 9.31. The molecule has 9 heteroatoms. The van der Waals surface area contributed by atoms with E-state index < -0.39 is 22.0 Å². The Labute approximate surface area is 120 Å². The molecule has 0 bridgehead atoms. The maximum atomic E-state index is 12.2. The molecule has 0 saturated carbocycles. The Morgan fingerprint density at radius 1 is 1.55 bits per heavy atom. The van der Waals surface area contributed by atoms with Crippen molar-refractivity contribution in [2.24, 2.45) is 0 Å². The van der Waals surface area contributed by atoms with Gasteiger partial charge in [0.15, 0.2) is 0 Å². The minimum absolute atomic E-state index is 0.0257. The molecule has 0 spiro atoms. The van der Waals surface area contributed by atoms with Gasteiger partial charge in [-0.05, 0) is 17.9 Å². The highest BCUT2D eigenvalue weighted by Gasteiger charge is 2.30. The lowest BCUT2D eigenvalue weighted by atomic mass is 10.1. The second-order valence-electron chi connectivity index (χ2n) is 4.55. The molecule has 20 heavy (non-hydrogen) atoms. The van der Waals surface area contributed by atoms with Crippen LogP contribution in [0.25, 0.3) is 0 Å². The zero-order chi connectivity index (χ0) is 14.9. The number of aromatic carboxylic acids is 1. The van der Waals surface area contributed by atoms with Crippen molar-refractivity contribution in [2.75, 3.05) is 13.6 Å². The minimum Gasteiger partial charge on any atom is -0.477 e. The molecule has 110 valence electrons. The quantitative estimate of drug-likeness (QED) is 0.833. The van der Waals surface area contributed by atoms with Crippen LogP contribution in [-0.4, -0.2) is 49.9 Å². The second kappa shape index (κ2) is 5.51. The molecule has 1 aliphatic rings. The van der Waals surface area contributed by atoms with Crippen LogP contribution in [0.3, 0.4) is 0 Å². The van der Waals surface area contributed by atoms with Gasteiger partial charge in [-0.3, -0.25) is 4.79 Å². The number of piperidine rings is 1. The van der Waals surface area contributed by atoms with Gasteiger partial charge in [-0.25, -0.2) is 17.9 Å². The van der Waals surface area contributed by atoms with E-state index in [9.17, 15) is 18.0 Å². The van der Waals surface area contributed by atoms with Gasteiger partial charge in [-0.15, -0.1) is 11.3 Å². The summed E-state index contributed by atoms with van der Waals surface area (Å²) in [5, 5.41) is 10.4. The number of carbonyl (C=O) groups excluding carboxylic acids is 1. The fourth-order valence-electron chi connectivity index (χ4n) is 2.06. The molecule has 1 aromatic heterocycles. The van der Waals surface area contributed by atoms with Gasteiger partial charge < -0.3 is 10.0 Å². The Morgan fingerprint density at radius 2 is 2.25 bits per heavy atom. The Bertz CT molecular complexity index is 637. The predicted octanol–water partition coefficient (Wildman–Crippen LogP) is 0.345. The zero-order valence-corrected chi connectivity index (χ0v) is 12.3. The lowest BCUT2D eigenvalue weighted by Crippen LogP contribution is -2.48. The normalized spacial score (nSPS) is 20.1. The maximum Gasteiger partial charge on any atom is 0.347 e. The van der Waals surface area contributed by atoms with Crippen molar-refractivity contribution in [3.8, 4) is 0 Å². The number of carboxylic acid groups (broad SMARTS) is 1. The van der Waals surface area contributed by atoms with Crippen molar-refractivity contribution < 1.29 is 23.1 Å². The van der Waals surface area contributed by atoms with Crippen molar-refractivity contribution in [3.63, 3.8) is 0 Å². The van der Waals surface area contributed by atoms with E-state index in [0.717, 1.165) is 11.3 Å². The van der Waals surface area contributed by atoms with Crippen molar-refractivity contribution in [1.29, 1.82) is 0 Å². The number of rotatable bonds is 4. The molecular weight excluding hydrogens is 304 g/mol. The van der Waals surface area contributed by atoms with Crippen LogP contribution in [0.2, 0.25) is 0 Å². The number of nitrogens with one attached hydrogen (secondary N) is 1. The van der Waals surface area contributed by atoms with Crippen LogP contribution in [0.1, 0.15) is 22.5 Å². The molecule has 2 heterocycles. The number of carboxylic acids is 1. The molecule has 1 unspecified atom stereocenters. The molecule has 0 aliphatic carbocycles. The van der Waals surface area contributed by atoms with Crippen LogP contribution in [0.5, 0.6) is 0 Å². The van der Waals surface area contributed by atoms with Crippen molar-refractivity contribution >= 4 is 33.2 Å². The summed E-state index contributed by atoms with van der Waals surface area (Å²) < 4.78 is 26.9. The van der Waals surface area contributed by atoms with Gasteiger partial charge >= 0.3 is 5.97 Å².